The van der Waals surface area contributed by atoms with Gasteiger partial charge >= 0.3 is 0 Å². The molecule has 3 aromatic rings. The van der Waals surface area contributed by atoms with Gasteiger partial charge < -0.3 is 21.3 Å². The van der Waals surface area contributed by atoms with Gasteiger partial charge in [-0.15, -0.1) is 0 Å². The maximum atomic E-state index is 12.8. The molecule has 0 aliphatic carbocycles. The maximum absolute atomic E-state index is 12.8. The summed E-state index contributed by atoms with van der Waals surface area (Å²) in [6.45, 7) is 4.44. The highest BCUT2D eigenvalue weighted by Gasteiger charge is 2.11. The molecular formula is C42H58N4O4. The Kier molecular flexibility index (Phi) is 19.0. The molecule has 4 N–H and O–H groups in total. The fourth-order valence-electron chi connectivity index (χ4n) is 5.74. The third kappa shape index (κ3) is 16.3. The number of hydrogen-bond acceptors (Lipinski definition) is 4. The molecule has 0 atom stereocenters. The van der Waals surface area contributed by atoms with Gasteiger partial charge in [0, 0.05) is 46.7 Å². The molecule has 0 heterocycles. The molecule has 50 heavy (non-hydrogen) atoms. The van der Waals surface area contributed by atoms with Gasteiger partial charge in [-0.3, -0.25) is 19.2 Å². The van der Waals surface area contributed by atoms with Gasteiger partial charge in [-0.1, -0.05) is 104 Å². The molecular weight excluding hydrogens is 624 g/mol. The molecule has 0 aromatic heterocycles. The van der Waals surface area contributed by atoms with Gasteiger partial charge in [0.2, 0.25) is 11.8 Å². The minimum Gasteiger partial charge on any atom is -0.326 e. The zero-order chi connectivity index (χ0) is 35.8. The highest BCUT2D eigenvalue weighted by molar-refractivity contribution is 6.07. The van der Waals surface area contributed by atoms with E-state index in [4.69, 9.17) is 0 Å². The molecule has 3 aromatic carbocycles. The van der Waals surface area contributed by atoms with Crippen LogP contribution in [-0.4, -0.2) is 23.6 Å². The molecule has 8 heteroatoms. The smallest absolute Gasteiger partial charge is 0.255 e. The average molecular weight is 683 g/mol. The summed E-state index contributed by atoms with van der Waals surface area (Å²) in [5, 5.41) is 11.6. The lowest BCUT2D eigenvalue weighted by molar-refractivity contribution is -0.117. The topological polar surface area (TPSA) is 116 Å². The minimum atomic E-state index is -0.302. The number of hydrogen-bond donors (Lipinski definition) is 4. The van der Waals surface area contributed by atoms with Crippen LogP contribution < -0.4 is 21.3 Å². The predicted molar refractivity (Wildman–Crippen MR) is 207 cm³/mol. The van der Waals surface area contributed by atoms with Crippen LogP contribution in [0.4, 0.5) is 22.7 Å². The van der Waals surface area contributed by atoms with Crippen LogP contribution in [0.5, 0.6) is 0 Å². The quantitative estimate of drug-likeness (QED) is 0.0703. The van der Waals surface area contributed by atoms with Crippen LogP contribution in [0.25, 0.3) is 0 Å². The summed E-state index contributed by atoms with van der Waals surface area (Å²) in [7, 11) is 0. The largest absolute Gasteiger partial charge is 0.326 e. The Morgan fingerprint density at radius 2 is 0.620 bits per heavy atom. The van der Waals surface area contributed by atoms with Crippen molar-refractivity contribution in [1.82, 2.24) is 0 Å². The first kappa shape index (κ1) is 40.0. The van der Waals surface area contributed by atoms with Crippen molar-refractivity contribution in [3.63, 3.8) is 0 Å². The van der Waals surface area contributed by atoms with Crippen LogP contribution in [0, 0.1) is 0 Å². The summed E-state index contributed by atoms with van der Waals surface area (Å²) in [5.74, 6) is -0.601. The number of amides is 4. The van der Waals surface area contributed by atoms with Gasteiger partial charge in [-0.2, -0.15) is 0 Å². The standard InChI is InChI=1S/C42H58N4O4/c1-3-5-7-9-11-13-15-17-19-39(47)43-35-25-29-37(30-26-35)45-41(49)33-21-23-34(24-22-33)42(50)46-38-31-27-36(28-32-38)44-40(48)20-18-16-14-12-10-8-6-4-2/h21-32H,3-20H2,1-2H3,(H,43,47)(H,44,48)(H,45,49)(H,46,50). The van der Waals surface area contributed by atoms with Crippen molar-refractivity contribution in [2.75, 3.05) is 21.3 Å². The van der Waals surface area contributed by atoms with E-state index in [9.17, 15) is 19.2 Å². The zero-order valence-corrected chi connectivity index (χ0v) is 30.3. The van der Waals surface area contributed by atoms with Crippen LogP contribution >= 0.6 is 0 Å². The summed E-state index contributed by atoms with van der Waals surface area (Å²) in [5.41, 5.74) is 3.41. The number of benzene rings is 3. The lowest BCUT2D eigenvalue weighted by Crippen LogP contribution is -2.15. The van der Waals surface area contributed by atoms with Gasteiger partial charge in [-0.25, -0.2) is 0 Å². The van der Waals surface area contributed by atoms with E-state index in [1.807, 2.05) is 0 Å². The van der Waals surface area contributed by atoms with Crippen molar-refractivity contribution in [2.24, 2.45) is 0 Å². The Morgan fingerprint density at radius 1 is 0.360 bits per heavy atom. The molecule has 0 aliphatic rings. The molecule has 0 bridgehead atoms. The number of rotatable bonds is 24. The van der Waals surface area contributed by atoms with Crippen molar-refractivity contribution in [1.29, 1.82) is 0 Å². The van der Waals surface area contributed by atoms with Crippen LogP contribution in [-0.2, 0) is 9.59 Å². The summed E-state index contributed by atoms with van der Waals surface area (Å²) in [4.78, 5) is 50.3. The van der Waals surface area contributed by atoms with E-state index in [0.29, 0.717) is 46.7 Å². The normalized spacial score (nSPS) is 10.8. The number of carbonyl (C=O) groups excluding carboxylic acids is 4. The summed E-state index contributed by atoms with van der Waals surface area (Å²) >= 11 is 0. The highest BCUT2D eigenvalue weighted by Crippen LogP contribution is 2.19. The van der Waals surface area contributed by atoms with Gasteiger partial charge in [0.15, 0.2) is 0 Å². The Labute approximate surface area is 299 Å². The molecule has 0 saturated carbocycles. The van der Waals surface area contributed by atoms with E-state index in [1.165, 1.54) is 77.0 Å². The van der Waals surface area contributed by atoms with Crippen LogP contribution in [0.2, 0.25) is 0 Å². The Balaban J connectivity index is 1.34. The van der Waals surface area contributed by atoms with Crippen LogP contribution in [0.1, 0.15) is 150 Å². The first-order valence-corrected chi connectivity index (χ1v) is 18.9. The minimum absolute atomic E-state index is 0.00185. The summed E-state index contributed by atoms with van der Waals surface area (Å²) in [6, 6.07) is 20.5. The summed E-state index contributed by atoms with van der Waals surface area (Å²) in [6.07, 6.45) is 20.1. The van der Waals surface area contributed by atoms with Gasteiger partial charge in [0.05, 0.1) is 0 Å². The van der Waals surface area contributed by atoms with E-state index < -0.39 is 0 Å². The van der Waals surface area contributed by atoms with Crippen molar-refractivity contribution < 1.29 is 19.2 Å². The molecule has 0 fully saturated rings. The SMILES string of the molecule is CCCCCCCCCCC(=O)Nc1ccc(NC(=O)c2ccc(C(=O)Nc3ccc(NC(=O)CCCCCCCCCC)cc3)cc2)cc1. The Bertz CT molecular complexity index is 1330. The molecule has 4 amide bonds. The second kappa shape index (κ2) is 23.8. The number of anilines is 4. The van der Waals surface area contributed by atoms with E-state index in [1.54, 1.807) is 72.8 Å². The molecule has 0 aliphatic heterocycles. The molecule has 0 unspecified atom stereocenters. The number of carbonyl (C=O) groups is 4. The second-order valence-corrected chi connectivity index (χ2v) is 13.2. The molecule has 8 nitrogen and oxygen atoms in total. The van der Waals surface area contributed by atoms with Crippen LogP contribution in [0.15, 0.2) is 72.8 Å². The van der Waals surface area contributed by atoms with Crippen molar-refractivity contribution in [2.45, 2.75) is 129 Å². The summed E-state index contributed by atoms with van der Waals surface area (Å²) < 4.78 is 0. The third-order valence-corrected chi connectivity index (χ3v) is 8.78. The average Bonchev–Trinajstić information content (AvgIpc) is 3.12. The first-order chi connectivity index (χ1) is 24.4. The van der Waals surface area contributed by atoms with E-state index in [2.05, 4.69) is 35.1 Å². The fraction of sp³-hybridized carbons (Fsp3) is 0.476. The molecule has 0 spiro atoms. The molecule has 0 saturated heterocycles. The van der Waals surface area contributed by atoms with Gasteiger partial charge in [-0.05, 0) is 85.6 Å². The van der Waals surface area contributed by atoms with Crippen molar-refractivity contribution >= 4 is 46.4 Å². The molecule has 270 valence electrons. The highest BCUT2D eigenvalue weighted by atomic mass is 16.2. The van der Waals surface area contributed by atoms with Crippen molar-refractivity contribution in [3.8, 4) is 0 Å². The van der Waals surface area contributed by atoms with E-state index in [0.717, 1.165) is 25.7 Å². The van der Waals surface area contributed by atoms with Crippen molar-refractivity contribution in [3.05, 3.63) is 83.9 Å². The second-order valence-electron chi connectivity index (χ2n) is 13.2. The molecule has 0 radical (unpaired) electrons. The maximum Gasteiger partial charge on any atom is 0.255 e. The van der Waals surface area contributed by atoms with E-state index in [-0.39, 0.29) is 23.6 Å². The van der Waals surface area contributed by atoms with E-state index >= 15 is 0 Å². The number of nitrogens with one attached hydrogen (secondary N) is 4. The third-order valence-electron chi connectivity index (χ3n) is 8.78. The van der Waals surface area contributed by atoms with Crippen LogP contribution in [0.3, 0.4) is 0 Å². The zero-order valence-electron chi connectivity index (χ0n) is 30.3. The monoisotopic (exact) mass is 682 g/mol. The predicted octanol–water partition coefficient (Wildman–Crippen LogP) is 11.1. The lowest BCUT2D eigenvalue weighted by Gasteiger charge is -2.10. The van der Waals surface area contributed by atoms with Gasteiger partial charge in [0.25, 0.3) is 11.8 Å². The Hall–Kier alpha value is -4.46. The fourth-order valence-corrected chi connectivity index (χ4v) is 5.74. The number of unbranched alkanes of at least 4 members (excludes halogenated alkanes) is 14. The van der Waals surface area contributed by atoms with Gasteiger partial charge in [0.1, 0.15) is 0 Å². The lowest BCUT2D eigenvalue weighted by atomic mass is 10.1. The first-order valence-electron chi connectivity index (χ1n) is 18.9. The Morgan fingerprint density at radius 3 is 0.920 bits per heavy atom. The molecule has 3 rings (SSSR count).